The summed E-state index contributed by atoms with van der Waals surface area (Å²) in [6.45, 7) is 1.96. The summed E-state index contributed by atoms with van der Waals surface area (Å²) in [7, 11) is 0. The Morgan fingerprint density at radius 1 is 0.966 bits per heavy atom. The topological polar surface area (TPSA) is 72.4 Å². The van der Waals surface area contributed by atoms with Crippen LogP contribution in [0.15, 0.2) is 88.5 Å². The summed E-state index contributed by atoms with van der Waals surface area (Å²) in [4.78, 5) is 17.1. The van der Waals surface area contributed by atoms with Crippen LogP contribution in [0.1, 0.15) is 18.7 Å². The summed E-state index contributed by atoms with van der Waals surface area (Å²) in [5.41, 5.74) is 2.40. The van der Waals surface area contributed by atoms with E-state index in [0.29, 0.717) is 17.0 Å². The first-order valence-electron chi connectivity index (χ1n) is 9.38. The van der Waals surface area contributed by atoms with Gasteiger partial charge in [0.1, 0.15) is 17.6 Å². The van der Waals surface area contributed by atoms with Gasteiger partial charge in [0, 0.05) is 17.1 Å². The number of rotatable bonds is 4. The molecule has 0 aliphatic rings. The minimum absolute atomic E-state index is 0.295. The fourth-order valence-electron chi connectivity index (χ4n) is 3.67. The second-order valence-corrected chi connectivity index (χ2v) is 6.85. The van der Waals surface area contributed by atoms with E-state index in [1.165, 1.54) is 6.33 Å². The molecule has 1 atom stereocenters. The average molecular weight is 382 g/mol. The Hall–Kier alpha value is -3.93. The van der Waals surface area contributed by atoms with E-state index in [2.05, 4.69) is 15.4 Å². The first-order valence-corrected chi connectivity index (χ1v) is 9.38. The molecule has 5 aromatic rings. The molecule has 3 heterocycles. The molecule has 2 aromatic carbocycles. The van der Waals surface area contributed by atoms with E-state index in [4.69, 9.17) is 4.42 Å². The number of aromatic nitrogens is 3. The van der Waals surface area contributed by atoms with Crippen molar-refractivity contribution in [3.8, 4) is 11.1 Å². The van der Waals surface area contributed by atoms with Crippen LogP contribution in [0.25, 0.3) is 27.4 Å². The van der Waals surface area contributed by atoms with Crippen LogP contribution in [0.3, 0.4) is 0 Å². The Balaban J connectivity index is 1.70. The first kappa shape index (κ1) is 17.2. The Morgan fingerprint density at radius 3 is 2.55 bits per heavy atom. The zero-order valence-corrected chi connectivity index (χ0v) is 15.7. The van der Waals surface area contributed by atoms with Crippen LogP contribution in [-0.4, -0.2) is 14.6 Å². The van der Waals surface area contributed by atoms with Crippen LogP contribution in [0.2, 0.25) is 0 Å². The molecule has 1 N–H and O–H groups in total. The number of nitrogens with one attached hydrogen (secondary N) is 1. The van der Waals surface area contributed by atoms with Crippen molar-refractivity contribution in [3.05, 3.63) is 95.4 Å². The lowest BCUT2D eigenvalue weighted by Gasteiger charge is -2.19. The van der Waals surface area contributed by atoms with Gasteiger partial charge in [-0.05, 0) is 30.7 Å². The highest BCUT2D eigenvalue weighted by molar-refractivity contribution is 5.96. The van der Waals surface area contributed by atoms with Crippen molar-refractivity contribution >= 4 is 22.1 Å². The second-order valence-electron chi connectivity index (χ2n) is 6.85. The molecule has 5 rings (SSSR count). The molecule has 0 radical (unpaired) electrons. The molecule has 0 saturated heterocycles. The van der Waals surface area contributed by atoms with Crippen molar-refractivity contribution in [3.63, 3.8) is 0 Å². The predicted octanol–water partition coefficient (Wildman–Crippen LogP) is 4.68. The Bertz CT molecular complexity index is 1370. The van der Waals surface area contributed by atoms with Crippen LogP contribution in [0.4, 0.5) is 5.82 Å². The van der Waals surface area contributed by atoms with E-state index < -0.39 is 0 Å². The summed E-state index contributed by atoms with van der Waals surface area (Å²) in [5, 5.41) is 9.02. The number of fused-ring (bicyclic) bond motifs is 2. The molecule has 0 saturated carbocycles. The second kappa shape index (κ2) is 6.91. The van der Waals surface area contributed by atoms with Gasteiger partial charge in [-0.1, -0.05) is 48.5 Å². The Morgan fingerprint density at radius 2 is 1.72 bits per heavy atom. The number of hydrogen-bond acceptors (Lipinski definition) is 5. The van der Waals surface area contributed by atoms with Crippen molar-refractivity contribution in [1.29, 1.82) is 0 Å². The third-order valence-electron chi connectivity index (χ3n) is 5.01. The van der Waals surface area contributed by atoms with Crippen molar-refractivity contribution < 1.29 is 4.42 Å². The largest absolute Gasteiger partial charge is 0.425 e. The summed E-state index contributed by atoms with van der Waals surface area (Å²) in [5.74, 6) is 1.25. The lowest BCUT2D eigenvalue weighted by Crippen LogP contribution is -2.14. The minimum atomic E-state index is -0.348. The molecule has 6 nitrogen and oxygen atoms in total. The maximum Gasteiger partial charge on any atom is 0.343 e. The fourth-order valence-corrected chi connectivity index (χ4v) is 3.67. The van der Waals surface area contributed by atoms with Crippen molar-refractivity contribution in [2.24, 2.45) is 0 Å². The lowest BCUT2D eigenvalue weighted by molar-refractivity contribution is 0.452. The standard InChI is InChI=1S/C23H18N4O2/c1-15(26-22-19-12-7-13-27(19)25-14-24-22)21-20(16-8-3-2-4-9-16)17-10-5-6-11-18(17)23(28)29-21/h2-15H,1H3,(H,24,25,26). The molecular weight excluding hydrogens is 364 g/mol. The van der Waals surface area contributed by atoms with Crippen LogP contribution in [-0.2, 0) is 0 Å². The van der Waals surface area contributed by atoms with Gasteiger partial charge in [-0.25, -0.2) is 14.3 Å². The number of hydrogen-bond donors (Lipinski definition) is 1. The summed E-state index contributed by atoms with van der Waals surface area (Å²) in [6.07, 6.45) is 3.36. The maximum absolute atomic E-state index is 12.7. The molecule has 0 bridgehead atoms. The molecular formula is C23H18N4O2. The zero-order valence-electron chi connectivity index (χ0n) is 15.7. The van der Waals surface area contributed by atoms with Gasteiger partial charge >= 0.3 is 5.63 Å². The number of anilines is 1. The third kappa shape index (κ3) is 2.95. The SMILES string of the molecule is CC(Nc1ncnn2cccc12)c1oc(=O)c2ccccc2c1-c1ccccc1. The fraction of sp³-hybridized carbons (Fsp3) is 0.0870. The van der Waals surface area contributed by atoms with Gasteiger partial charge in [-0.15, -0.1) is 0 Å². The average Bonchev–Trinajstić information content (AvgIpc) is 3.24. The summed E-state index contributed by atoms with van der Waals surface area (Å²) < 4.78 is 7.58. The van der Waals surface area contributed by atoms with Crippen LogP contribution in [0.5, 0.6) is 0 Å². The number of benzene rings is 2. The van der Waals surface area contributed by atoms with E-state index >= 15 is 0 Å². The third-order valence-corrected chi connectivity index (χ3v) is 5.01. The highest BCUT2D eigenvalue weighted by atomic mass is 16.4. The normalized spacial score (nSPS) is 12.3. The molecule has 0 aliphatic carbocycles. The van der Waals surface area contributed by atoms with Gasteiger partial charge in [0.25, 0.3) is 0 Å². The van der Waals surface area contributed by atoms with E-state index in [9.17, 15) is 4.79 Å². The van der Waals surface area contributed by atoms with Crippen LogP contribution in [0, 0.1) is 0 Å². The Labute approximate surface area is 166 Å². The van der Waals surface area contributed by atoms with Gasteiger partial charge in [0.2, 0.25) is 0 Å². The predicted molar refractivity (Wildman–Crippen MR) is 113 cm³/mol. The molecule has 6 heteroatoms. The molecule has 29 heavy (non-hydrogen) atoms. The van der Waals surface area contributed by atoms with E-state index in [-0.39, 0.29) is 11.7 Å². The highest BCUT2D eigenvalue weighted by Crippen LogP contribution is 2.35. The van der Waals surface area contributed by atoms with Gasteiger partial charge in [-0.3, -0.25) is 0 Å². The minimum Gasteiger partial charge on any atom is -0.425 e. The van der Waals surface area contributed by atoms with E-state index in [1.54, 1.807) is 10.6 Å². The smallest absolute Gasteiger partial charge is 0.343 e. The first-order chi connectivity index (χ1) is 14.2. The van der Waals surface area contributed by atoms with Crippen molar-refractivity contribution in [2.75, 3.05) is 5.32 Å². The molecule has 1 unspecified atom stereocenters. The molecule has 0 aliphatic heterocycles. The highest BCUT2D eigenvalue weighted by Gasteiger charge is 2.21. The quantitative estimate of drug-likeness (QED) is 0.489. The molecule has 0 fully saturated rings. The number of nitrogens with zero attached hydrogens (tertiary/aromatic N) is 3. The van der Waals surface area contributed by atoms with Crippen LogP contribution < -0.4 is 10.9 Å². The summed E-state index contributed by atoms with van der Waals surface area (Å²) >= 11 is 0. The summed E-state index contributed by atoms with van der Waals surface area (Å²) in [6, 6.07) is 21.1. The lowest BCUT2D eigenvalue weighted by atomic mass is 9.96. The van der Waals surface area contributed by atoms with Crippen LogP contribution >= 0.6 is 0 Å². The van der Waals surface area contributed by atoms with Gasteiger partial charge in [0.15, 0.2) is 5.82 Å². The Kier molecular flexibility index (Phi) is 4.09. The monoisotopic (exact) mass is 382 g/mol. The van der Waals surface area contributed by atoms with Crippen molar-refractivity contribution in [2.45, 2.75) is 13.0 Å². The van der Waals surface area contributed by atoms with Crippen molar-refractivity contribution in [1.82, 2.24) is 14.6 Å². The van der Waals surface area contributed by atoms with E-state index in [1.807, 2.05) is 73.8 Å². The molecule has 3 aromatic heterocycles. The van der Waals surface area contributed by atoms with Gasteiger partial charge in [0.05, 0.1) is 11.4 Å². The van der Waals surface area contributed by atoms with Gasteiger partial charge < -0.3 is 9.73 Å². The zero-order chi connectivity index (χ0) is 19.8. The van der Waals surface area contributed by atoms with Gasteiger partial charge in [-0.2, -0.15) is 5.10 Å². The maximum atomic E-state index is 12.7. The molecule has 142 valence electrons. The molecule has 0 amide bonds. The van der Waals surface area contributed by atoms with E-state index in [0.717, 1.165) is 22.0 Å². The molecule has 0 spiro atoms.